The van der Waals surface area contributed by atoms with Crippen molar-refractivity contribution < 1.29 is 5.21 Å². The molecule has 0 bridgehead atoms. The van der Waals surface area contributed by atoms with E-state index >= 15 is 0 Å². The van der Waals surface area contributed by atoms with E-state index in [-0.39, 0.29) is 5.41 Å². The fraction of sp³-hybridized carbons (Fsp3) is 0.938. The van der Waals surface area contributed by atoms with Crippen molar-refractivity contribution >= 4 is 5.84 Å². The molecule has 5 nitrogen and oxygen atoms in total. The highest BCUT2D eigenvalue weighted by atomic mass is 16.4. The Labute approximate surface area is 130 Å². The summed E-state index contributed by atoms with van der Waals surface area (Å²) in [4.78, 5) is 2.53. The number of hydrogen-bond acceptors (Lipinski definition) is 4. The lowest BCUT2D eigenvalue weighted by Gasteiger charge is -2.31. The van der Waals surface area contributed by atoms with Crippen molar-refractivity contribution in [3.05, 3.63) is 0 Å². The molecule has 0 spiro atoms. The molecular weight excluding hydrogens is 264 g/mol. The number of hydrogen-bond donors (Lipinski definition) is 3. The fourth-order valence-electron chi connectivity index (χ4n) is 2.95. The van der Waals surface area contributed by atoms with Gasteiger partial charge in [0.05, 0.1) is 0 Å². The van der Waals surface area contributed by atoms with Crippen LogP contribution in [0.1, 0.15) is 58.8 Å². The van der Waals surface area contributed by atoms with Gasteiger partial charge in [-0.2, -0.15) is 0 Å². The monoisotopic (exact) mass is 298 g/mol. The molecule has 1 fully saturated rings. The van der Waals surface area contributed by atoms with Crippen molar-refractivity contribution in [2.75, 3.05) is 26.7 Å². The molecule has 0 atom stereocenters. The molecule has 4 N–H and O–H groups in total. The molecule has 0 unspecified atom stereocenters. The Kier molecular flexibility index (Phi) is 8.04. The largest absolute Gasteiger partial charge is 0.409 e. The molecule has 0 radical (unpaired) electrons. The van der Waals surface area contributed by atoms with E-state index in [9.17, 15) is 0 Å². The first kappa shape index (κ1) is 18.2. The summed E-state index contributed by atoms with van der Waals surface area (Å²) < 4.78 is 0. The number of rotatable bonds is 9. The van der Waals surface area contributed by atoms with Gasteiger partial charge in [0.15, 0.2) is 0 Å². The normalized spacial score (nSPS) is 18.4. The molecule has 0 aromatic rings. The zero-order valence-corrected chi connectivity index (χ0v) is 14.1. The third-order valence-electron chi connectivity index (χ3n) is 4.79. The van der Waals surface area contributed by atoms with E-state index in [1.54, 1.807) is 0 Å². The lowest BCUT2D eigenvalue weighted by Crippen LogP contribution is -2.36. The first-order chi connectivity index (χ1) is 9.97. The van der Waals surface area contributed by atoms with Crippen LogP contribution < -0.4 is 11.1 Å². The van der Waals surface area contributed by atoms with E-state index in [1.807, 2.05) is 13.8 Å². The van der Waals surface area contributed by atoms with Crippen molar-refractivity contribution in [1.29, 1.82) is 0 Å². The Morgan fingerprint density at radius 3 is 2.57 bits per heavy atom. The van der Waals surface area contributed by atoms with Gasteiger partial charge in [-0.3, -0.25) is 0 Å². The van der Waals surface area contributed by atoms with Crippen molar-refractivity contribution in [2.45, 2.75) is 64.8 Å². The van der Waals surface area contributed by atoms with E-state index in [2.05, 4.69) is 22.4 Å². The van der Waals surface area contributed by atoms with E-state index < -0.39 is 0 Å². The van der Waals surface area contributed by atoms with E-state index in [1.165, 1.54) is 45.1 Å². The van der Waals surface area contributed by atoms with Gasteiger partial charge in [0.2, 0.25) is 0 Å². The molecular formula is C16H34N4O. The van der Waals surface area contributed by atoms with Gasteiger partial charge in [-0.05, 0) is 52.4 Å². The standard InChI is InChI=1S/C16H34N4O/c1-16(2,15(17)19-21)10-12-18-11-7-13-20(3)14-8-5-4-6-9-14/h14,18,21H,4-13H2,1-3H3,(H2,17,19). The summed E-state index contributed by atoms with van der Waals surface area (Å²) in [5, 5.41) is 15.3. The zero-order chi connectivity index (χ0) is 15.7. The first-order valence-corrected chi connectivity index (χ1v) is 8.36. The minimum Gasteiger partial charge on any atom is -0.409 e. The summed E-state index contributed by atoms with van der Waals surface area (Å²) in [6.45, 7) is 7.10. The second-order valence-electron chi connectivity index (χ2n) is 7.00. The molecule has 1 aliphatic rings. The predicted molar refractivity (Wildman–Crippen MR) is 88.8 cm³/mol. The molecule has 0 aromatic heterocycles. The van der Waals surface area contributed by atoms with Crippen LogP contribution in [0.2, 0.25) is 0 Å². The maximum absolute atomic E-state index is 8.73. The first-order valence-electron chi connectivity index (χ1n) is 8.36. The molecule has 0 heterocycles. The van der Waals surface area contributed by atoms with Gasteiger partial charge >= 0.3 is 0 Å². The minimum atomic E-state index is -0.249. The van der Waals surface area contributed by atoms with Gasteiger partial charge in [0.1, 0.15) is 5.84 Å². The predicted octanol–water partition coefficient (Wildman–Crippen LogP) is 2.39. The van der Waals surface area contributed by atoms with Crippen molar-refractivity contribution in [1.82, 2.24) is 10.2 Å². The molecule has 5 heteroatoms. The van der Waals surface area contributed by atoms with Gasteiger partial charge in [-0.25, -0.2) is 0 Å². The zero-order valence-electron chi connectivity index (χ0n) is 14.1. The van der Waals surface area contributed by atoms with Crippen LogP contribution in [-0.2, 0) is 0 Å². The van der Waals surface area contributed by atoms with Crippen LogP contribution in [0.25, 0.3) is 0 Å². The smallest absolute Gasteiger partial charge is 0.144 e. The highest BCUT2D eigenvalue weighted by Gasteiger charge is 2.22. The highest BCUT2D eigenvalue weighted by molar-refractivity contribution is 5.85. The van der Waals surface area contributed by atoms with Crippen LogP contribution in [0.4, 0.5) is 0 Å². The molecule has 124 valence electrons. The van der Waals surface area contributed by atoms with Crippen LogP contribution in [0.5, 0.6) is 0 Å². The number of nitrogens with two attached hydrogens (primary N) is 1. The number of nitrogens with one attached hydrogen (secondary N) is 1. The van der Waals surface area contributed by atoms with Crippen LogP contribution in [0, 0.1) is 5.41 Å². The van der Waals surface area contributed by atoms with Crippen LogP contribution in [0.15, 0.2) is 5.16 Å². The van der Waals surface area contributed by atoms with Gasteiger partial charge in [-0.15, -0.1) is 0 Å². The summed E-state index contributed by atoms with van der Waals surface area (Å²) in [6.07, 6.45) is 9.02. The summed E-state index contributed by atoms with van der Waals surface area (Å²) in [5.41, 5.74) is 5.43. The molecule has 0 aromatic carbocycles. The Bertz CT molecular complexity index is 311. The van der Waals surface area contributed by atoms with Crippen molar-refractivity contribution in [3.8, 4) is 0 Å². The average Bonchev–Trinajstić information content (AvgIpc) is 2.50. The fourth-order valence-corrected chi connectivity index (χ4v) is 2.95. The van der Waals surface area contributed by atoms with Crippen LogP contribution in [0.3, 0.4) is 0 Å². The molecule has 0 saturated heterocycles. The maximum atomic E-state index is 8.73. The van der Waals surface area contributed by atoms with Crippen LogP contribution >= 0.6 is 0 Å². The molecule has 1 aliphatic carbocycles. The van der Waals surface area contributed by atoms with E-state index in [0.29, 0.717) is 5.84 Å². The van der Waals surface area contributed by atoms with Crippen molar-refractivity contribution in [3.63, 3.8) is 0 Å². The summed E-state index contributed by atoms with van der Waals surface area (Å²) in [7, 11) is 2.26. The number of amidine groups is 1. The molecule has 1 saturated carbocycles. The Hall–Kier alpha value is -0.810. The lowest BCUT2D eigenvalue weighted by atomic mass is 9.88. The van der Waals surface area contributed by atoms with Gasteiger partial charge < -0.3 is 21.2 Å². The average molecular weight is 298 g/mol. The second-order valence-corrected chi connectivity index (χ2v) is 7.00. The van der Waals surface area contributed by atoms with Crippen molar-refractivity contribution in [2.24, 2.45) is 16.3 Å². The molecule has 0 amide bonds. The topological polar surface area (TPSA) is 73.9 Å². The van der Waals surface area contributed by atoms with E-state index in [0.717, 1.165) is 25.6 Å². The quantitative estimate of drug-likeness (QED) is 0.201. The molecule has 1 rings (SSSR count). The number of oxime groups is 1. The molecule has 0 aliphatic heterocycles. The second kappa shape index (κ2) is 9.26. The Balaban J connectivity index is 2.06. The van der Waals surface area contributed by atoms with Gasteiger partial charge in [0.25, 0.3) is 0 Å². The Morgan fingerprint density at radius 2 is 1.95 bits per heavy atom. The Morgan fingerprint density at radius 1 is 1.29 bits per heavy atom. The van der Waals surface area contributed by atoms with Crippen LogP contribution in [-0.4, -0.2) is 48.7 Å². The summed E-state index contributed by atoms with van der Waals surface area (Å²) in [5.74, 6) is 0.307. The maximum Gasteiger partial charge on any atom is 0.144 e. The van der Waals surface area contributed by atoms with Gasteiger partial charge in [0, 0.05) is 11.5 Å². The minimum absolute atomic E-state index is 0.249. The van der Waals surface area contributed by atoms with Gasteiger partial charge in [-0.1, -0.05) is 38.3 Å². The van der Waals surface area contributed by atoms with E-state index in [4.69, 9.17) is 10.9 Å². The lowest BCUT2D eigenvalue weighted by molar-refractivity contribution is 0.189. The summed E-state index contributed by atoms with van der Waals surface area (Å²) in [6, 6.07) is 0.804. The number of nitrogens with zero attached hydrogens (tertiary/aromatic N) is 2. The summed E-state index contributed by atoms with van der Waals surface area (Å²) >= 11 is 0. The third kappa shape index (κ3) is 6.66. The third-order valence-corrected chi connectivity index (χ3v) is 4.79. The SMILES string of the molecule is CN(CCCNCCC(C)(C)C(N)=NO)C1CCCCC1. The highest BCUT2D eigenvalue weighted by Crippen LogP contribution is 2.21. The molecule has 21 heavy (non-hydrogen) atoms.